The average molecular weight is 204 g/mol. The molecule has 0 fully saturated rings. The third kappa shape index (κ3) is 1.96. The van der Waals surface area contributed by atoms with Gasteiger partial charge in [-0.2, -0.15) is 0 Å². The molecule has 0 aliphatic rings. The molecular formula is C7H9O3PS. The van der Waals surface area contributed by atoms with Gasteiger partial charge < -0.3 is 9.67 Å². The van der Waals surface area contributed by atoms with Gasteiger partial charge in [-0.15, -0.1) is 11.3 Å². The zero-order valence-corrected chi connectivity index (χ0v) is 8.48. The standard InChI is InChI=1S/C7H9O3PS/c1-11(2,10)6-4-3-5(12-6)7(8)9/h3-4H,1-2H3,(H,8,9). The smallest absolute Gasteiger partial charge is 0.345 e. The summed E-state index contributed by atoms with van der Waals surface area (Å²) < 4.78 is 12.1. The van der Waals surface area contributed by atoms with E-state index in [0.717, 1.165) is 11.3 Å². The minimum Gasteiger partial charge on any atom is -0.477 e. The van der Waals surface area contributed by atoms with Crippen LogP contribution in [0.15, 0.2) is 12.1 Å². The van der Waals surface area contributed by atoms with Crippen molar-refractivity contribution in [3.8, 4) is 0 Å². The van der Waals surface area contributed by atoms with Gasteiger partial charge in [0, 0.05) is 0 Å². The normalized spacial score (nSPS) is 11.5. The van der Waals surface area contributed by atoms with E-state index in [1.165, 1.54) is 6.07 Å². The largest absolute Gasteiger partial charge is 0.477 e. The van der Waals surface area contributed by atoms with Crippen molar-refractivity contribution in [1.29, 1.82) is 0 Å². The predicted molar refractivity (Wildman–Crippen MR) is 50.4 cm³/mol. The lowest BCUT2D eigenvalue weighted by Gasteiger charge is -1.99. The Morgan fingerprint density at radius 1 is 1.50 bits per heavy atom. The maximum Gasteiger partial charge on any atom is 0.345 e. The first-order chi connectivity index (χ1) is 5.41. The molecule has 12 heavy (non-hydrogen) atoms. The Kier molecular flexibility index (Phi) is 2.40. The molecule has 0 radical (unpaired) electrons. The average Bonchev–Trinajstić information content (AvgIpc) is 2.30. The van der Waals surface area contributed by atoms with Gasteiger partial charge in [-0.1, -0.05) is 0 Å². The topological polar surface area (TPSA) is 54.4 Å². The molecule has 0 aliphatic heterocycles. The summed E-state index contributed by atoms with van der Waals surface area (Å²) in [5.74, 6) is -0.959. The fourth-order valence-electron chi connectivity index (χ4n) is 0.732. The van der Waals surface area contributed by atoms with Crippen LogP contribution in [0.5, 0.6) is 0 Å². The van der Waals surface area contributed by atoms with Crippen LogP contribution in [0.25, 0.3) is 0 Å². The van der Waals surface area contributed by atoms with Crippen molar-refractivity contribution in [2.24, 2.45) is 0 Å². The number of thiophene rings is 1. The molecule has 3 nitrogen and oxygen atoms in total. The van der Waals surface area contributed by atoms with Gasteiger partial charge in [0.2, 0.25) is 0 Å². The van der Waals surface area contributed by atoms with Crippen LogP contribution in [-0.2, 0) is 4.57 Å². The summed E-state index contributed by atoms with van der Waals surface area (Å²) in [5.41, 5.74) is 0. The third-order valence-corrected chi connectivity index (χ3v) is 5.01. The molecule has 0 spiro atoms. The summed E-state index contributed by atoms with van der Waals surface area (Å²) in [6.07, 6.45) is 0. The summed E-state index contributed by atoms with van der Waals surface area (Å²) in [6.45, 7) is 3.26. The molecule has 1 aromatic heterocycles. The van der Waals surface area contributed by atoms with Crippen LogP contribution >= 0.6 is 18.5 Å². The monoisotopic (exact) mass is 204 g/mol. The van der Waals surface area contributed by atoms with E-state index in [1.54, 1.807) is 19.4 Å². The van der Waals surface area contributed by atoms with Crippen LogP contribution in [0.4, 0.5) is 0 Å². The van der Waals surface area contributed by atoms with Gasteiger partial charge in [0.15, 0.2) is 0 Å². The summed E-state index contributed by atoms with van der Waals surface area (Å²) in [7, 11) is -2.28. The zero-order chi connectivity index (χ0) is 9.35. The van der Waals surface area contributed by atoms with E-state index < -0.39 is 13.1 Å². The van der Waals surface area contributed by atoms with E-state index in [-0.39, 0.29) is 4.88 Å². The van der Waals surface area contributed by atoms with Gasteiger partial charge in [-0.25, -0.2) is 4.79 Å². The highest BCUT2D eigenvalue weighted by atomic mass is 32.1. The Morgan fingerprint density at radius 3 is 2.33 bits per heavy atom. The van der Waals surface area contributed by atoms with Gasteiger partial charge in [0.25, 0.3) is 0 Å². The number of rotatable bonds is 2. The van der Waals surface area contributed by atoms with Crippen molar-refractivity contribution >= 4 is 29.1 Å². The quantitative estimate of drug-likeness (QED) is 0.746. The number of carboxylic acids is 1. The van der Waals surface area contributed by atoms with E-state index in [9.17, 15) is 9.36 Å². The molecule has 0 bridgehead atoms. The molecule has 0 atom stereocenters. The zero-order valence-electron chi connectivity index (χ0n) is 6.77. The van der Waals surface area contributed by atoms with E-state index in [4.69, 9.17) is 5.11 Å². The molecule has 1 heterocycles. The van der Waals surface area contributed by atoms with Crippen LogP contribution in [0.3, 0.4) is 0 Å². The summed E-state index contributed by atoms with van der Waals surface area (Å²) in [4.78, 5) is 10.7. The second-order valence-corrected chi connectivity index (χ2v) is 7.36. The van der Waals surface area contributed by atoms with Crippen molar-refractivity contribution in [2.45, 2.75) is 0 Å². The molecule has 5 heteroatoms. The van der Waals surface area contributed by atoms with Crippen molar-refractivity contribution in [2.75, 3.05) is 13.3 Å². The molecule has 0 aromatic carbocycles. The van der Waals surface area contributed by atoms with E-state index in [2.05, 4.69) is 0 Å². The van der Waals surface area contributed by atoms with E-state index in [0.29, 0.717) is 4.62 Å². The number of aromatic carboxylic acids is 1. The van der Waals surface area contributed by atoms with Crippen molar-refractivity contribution in [3.63, 3.8) is 0 Å². The number of hydrogen-bond donors (Lipinski definition) is 1. The summed E-state index contributed by atoms with van der Waals surface area (Å²) >= 11 is 1.09. The van der Waals surface area contributed by atoms with Crippen LogP contribution in [0.2, 0.25) is 0 Å². The van der Waals surface area contributed by atoms with Gasteiger partial charge >= 0.3 is 5.97 Å². The minimum absolute atomic E-state index is 0.244. The van der Waals surface area contributed by atoms with Crippen LogP contribution in [0, 0.1) is 0 Å². The van der Waals surface area contributed by atoms with E-state index in [1.807, 2.05) is 0 Å². The van der Waals surface area contributed by atoms with Crippen molar-refractivity contribution < 1.29 is 14.5 Å². The Morgan fingerprint density at radius 2 is 2.08 bits per heavy atom. The molecule has 1 aromatic rings. The predicted octanol–water partition coefficient (Wildman–Crippen LogP) is 1.69. The molecule has 0 amide bonds. The first-order valence-electron chi connectivity index (χ1n) is 3.30. The minimum atomic E-state index is -2.28. The second-order valence-electron chi connectivity index (χ2n) is 2.79. The van der Waals surface area contributed by atoms with Crippen LogP contribution in [0.1, 0.15) is 9.67 Å². The number of carbonyl (C=O) groups is 1. The lowest BCUT2D eigenvalue weighted by Crippen LogP contribution is -1.95. The second kappa shape index (κ2) is 3.04. The number of carboxylic acid groups (broad SMARTS) is 1. The molecule has 1 rings (SSSR count). The molecule has 0 saturated heterocycles. The fraction of sp³-hybridized carbons (Fsp3) is 0.286. The van der Waals surface area contributed by atoms with E-state index >= 15 is 0 Å². The molecule has 0 saturated carbocycles. The number of hydrogen-bond acceptors (Lipinski definition) is 3. The molecular weight excluding hydrogens is 195 g/mol. The lowest BCUT2D eigenvalue weighted by molar-refractivity contribution is 0.0702. The lowest BCUT2D eigenvalue weighted by atomic mass is 10.5. The maximum absolute atomic E-state index is 11.5. The molecule has 66 valence electrons. The highest BCUT2D eigenvalue weighted by Gasteiger charge is 2.15. The van der Waals surface area contributed by atoms with Crippen LogP contribution in [-0.4, -0.2) is 24.4 Å². The summed E-state index contributed by atoms with van der Waals surface area (Å²) in [6, 6.07) is 3.11. The van der Waals surface area contributed by atoms with Gasteiger partial charge in [0.05, 0.1) is 4.62 Å². The Balaban J connectivity index is 3.08. The Bertz CT molecular complexity index is 349. The Labute approximate surface area is 74.4 Å². The van der Waals surface area contributed by atoms with Gasteiger partial charge in [0.1, 0.15) is 12.0 Å². The SMILES string of the molecule is CP(C)(=O)c1ccc(C(=O)O)s1. The van der Waals surface area contributed by atoms with Crippen molar-refractivity contribution in [3.05, 3.63) is 17.0 Å². The highest BCUT2D eigenvalue weighted by molar-refractivity contribution is 7.75. The maximum atomic E-state index is 11.5. The molecule has 1 N–H and O–H groups in total. The highest BCUT2D eigenvalue weighted by Crippen LogP contribution is 2.37. The molecule has 0 unspecified atom stereocenters. The van der Waals surface area contributed by atoms with Gasteiger partial charge in [-0.3, -0.25) is 0 Å². The van der Waals surface area contributed by atoms with Gasteiger partial charge in [-0.05, 0) is 25.5 Å². The van der Waals surface area contributed by atoms with Crippen molar-refractivity contribution in [1.82, 2.24) is 0 Å². The first-order valence-corrected chi connectivity index (χ1v) is 6.71. The van der Waals surface area contributed by atoms with Crippen LogP contribution < -0.4 is 4.62 Å². The molecule has 0 aliphatic carbocycles. The third-order valence-electron chi connectivity index (χ3n) is 1.33. The fourth-order valence-corrected chi connectivity index (χ4v) is 2.92. The summed E-state index contributed by atoms with van der Waals surface area (Å²) in [5, 5.41) is 8.58. The first kappa shape index (κ1) is 9.49. The Hall–Kier alpha value is -0.600.